The van der Waals surface area contributed by atoms with Crippen LogP contribution in [-0.2, 0) is 6.54 Å². The molecule has 0 radical (unpaired) electrons. The van der Waals surface area contributed by atoms with Crippen LogP contribution in [0.5, 0.6) is 0 Å². The van der Waals surface area contributed by atoms with Crippen LogP contribution in [0, 0.1) is 0 Å². The number of hydrogen-bond donors (Lipinski definition) is 0. The van der Waals surface area contributed by atoms with E-state index in [0.717, 1.165) is 0 Å². The van der Waals surface area contributed by atoms with Crippen molar-refractivity contribution in [2.24, 2.45) is 0 Å². The Balaban J connectivity index is 1.65. The number of amides is 1. The lowest BCUT2D eigenvalue weighted by atomic mass is 9.88. The van der Waals surface area contributed by atoms with Gasteiger partial charge in [0.15, 0.2) is 5.82 Å². The normalized spacial score (nSPS) is 20.1. The molecule has 1 amide bonds. The van der Waals surface area contributed by atoms with Gasteiger partial charge in [-0.05, 0) is 18.6 Å². The van der Waals surface area contributed by atoms with Gasteiger partial charge in [-0.1, -0.05) is 35.5 Å². The molecule has 0 spiro atoms. The first kappa shape index (κ1) is 15.6. The Morgan fingerprint density at radius 1 is 1.20 bits per heavy atom. The standard InChI is InChI=1S/C18H19N5O2/c1-2-23-16(8-9-20-23)18(24)22-10-14(13-6-4-3-5-7-13)15(11-22)17-19-12-25-21-17/h3-9,12,14-15H,2,10-11H2,1H3. The fraction of sp³-hybridized carbons (Fsp3) is 0.333. The summed E-state index contributed by atoms with van der Waals surface area (Å²) in [4.78, 5) is 19.1. The van der Waals surface area contributed by atoms with E-state index in [1.165, 1.54) is 12.0 Å². The van der Waals surface area contributed by atoms with Crippen LogP contribution in [0.1, 0.15) is 40.6 Å². The molecule has 0 aliphatic carbocycles. The Morgan fingerprint density at radius 2 is 2.00 bits per heavy atom. The number of carbonyl (C=O) groups is 1. The van der Waals surface area contributed by atoms with E-state index >= 15 is 0 Å². The van der Waals surface area contributed by atoms with E-state index in [9.17, 15) is 4.79 Å². The van der Waals surface area contributed by atoms with E-state index in [-0.39, 0.29) is 17.7 Å². The molecule has 7 nitrogen and oxygen atoms in total. The maximum Gasteiger partial charge on any atom is 0.272 e. The van der Waals surface area contributed by atoms with E-state index in [4.69, 9.17) is 4.52 Å². The Labute approximate surface area is 145 Å². The minimum atomic E-state index is -0.00808. The van der Waals surface area contributed by atoms with Crippen LogP contribution >= 0.6 is 0 Å². The summed E-state index contributed by atoms with van der Waals surface area (Å²) in [5.74, 6) is 0.795. The van der Waals surface area contributed by atoms with E-state index < -0.39 is 0 Å². The van der Waals surface area contributed by atoms with Crippen LogP contribution < -0.4 is 0 Å². The summed E-state index contributed by atoms with van der Waals surface area (Å²) in [6.07, 6.45) is 3.01. The number of rotatable bonds is 4. The van der Waals surface area contributed by atoms with Crippen molar-refractivity contribution in [3.63, 3.8) is 0 Å². The molecule has 25 heavy (non-hydrogen) atoms. The smallest absolute Gasteiger partial charge is 0.272 e. The molecule has 1 aromatic carbocycles. The molecular weight excluding hydrogens is 318 g/mol. The third-order valence-electron chi connectivity index (χ3n) is 4.78. The van der Waals surface area contributed by atoms with Crippen molar-refractivity contribution in [1.82, 2.24) is 24.8 Å². The molecule has 4 rings (SSSR count). The highest BCUT2D eigenvalue weighted by molar-refractivity contribution is 5.92. The molecule has 0 N–H and O–H groups in total. The van der Waals surface area contributed by atoms with Gasteiger partial charge in [-0.15, -0.1) is 0 Å². The fourth-order valence-corrected chi connectivity index (χ4v) is 3.54. The molecule has 2 aromatic heterocycles. The lowest BCUT2D eigenvalue weighted by Crippen LogP contribution is -2.30. The van der Waals surface area contributed by atoms with Gasteiger partial charge in [-0.25, -0.2) is 0 Å². The van der Waals surface area contributed by atoms with Crippen molar-refractivity contribution < 1.29 is 9.32 Å². The SMILES string of the molecule is CCn1nccc1C(=O)N1CC(c2ccccc2)C(c2ncon2)C1. The first-order valence-corrected chi connectivity index (χ1v) is 8.40. The summed E-state index contributed by atoms with van der Waals surface area (Å²) < 4.78 is 6.66. The molecule has 1 aliphatic heterocycles. The van der Waals surface area contributed by atoms with Crippen LogP contribution in [0.15, 0.2) is 53.5 Å². The van der Waals surface area contributed by atoms with Gasteiger partial charge in [0.25, 0.3) is 5.91 Å². The molecule has 0 saturated carbocycles. The monoisotopic (exact) mass is 337 g/mol. The lowest BCUT2D eigenvalue weighted by molar-refractivity contribution is 0.0776. The Morgan fingerprint density at radius 3 is 2.72 bits per heavy atom. The molecule has 1 saturated heterocycles. The Kier molecular flexibility index (Phi) is 4.05. The van der Waals surface area contributed by atoms with Crippen molar-refractivity contribution in [2.75, 3.05) is 13.1 Å². The number of aryl methyl sites for hydroxylation is 1. The molecule has 1 aliphatic rings. The number of hydrogen-bond acceptors (Lipinski definition) is 5. The average molecular weight is 337 g/mol. The fourth-order valence-electron chi connectivity index (χ4n) is 3.54. The number of likely N-dealkylation sites (tertiary alicyclic amines) is 1. The quantitative estimate of drug-likeness (QED) is 0.730. The van der Waals surface area contributed by atoms with Crippen LogP contribution in [0.25, 0.3) is 0 Å². The molecule has 7 heteroatoms. The predicted octanol–water partition coefficient (Wildman–Crippen LogP) is 2.31. The minimum absolute atomic E-state index is 0.00808. The highest BCUT2D eigenvalue weighted by atomic mass is 16.5. The molecule has 128 valence electrons. The molecule has 2 unspecified atom stereocenters. The van der Waals surface area contributed by atoms with Crippen molar-refractivity contribution in [3.8, 4) is 0 Å². The highest BCUT2D eigenvalue weighted by Crippen LogP contribution is 2.38. The third kappa shape index (κ3) is 2.82. The topological polar surface area (TPSA) is 77.0 Å². The van der Waals surface area contributed by atoms with Gasteiger partial charge in [-0.3, -0.25) is 9.48 Å². The van der Waals surface area contributed by atoms with Crippen LogP contribution in [0.2, 0.25) is 0 Å². The molecule has 2 atom stereocenters. The highest BCUT2D eigenvalue weighted by Gasteiger charge is 2.40. The average Bonchev–Trinajstić information content (AvgIpc) is 3.41. The second-order valence-corrected chi connectivity index (χ2v) is 6.16. The summed E-state index contributed by atoms with van der Waals surface area (Å²) in [5.41, 5.74) is 1.79. The van der Waals surface area contributed by atoms with Gasteiger partial charge in [0.05, 0.1) is 0 Å². The van der Waals surface area contributed by atoms with Crippen molar-refractivity contribution in [3.05, 3.63) is 66.1 Å². The van der Waals surface area contributed by atoms with E-state index in [0.29, 0.717) is 31.2 Å². The second kappa shape index (κ2) is 6.51. The van der Waals surface area contributed by atoms with E-state index in [1.54, 1.807) is 16.9 Å². The first-order valence-electron chi connectivity index (χ1n) is 8.40. The summed E-state index contributed by atoms with van der Waals surface area (Å²) in [7, 11) is 0. The zero-order chi connectivity index (χ0) is 17.2. The maximum absolute atomic E-state index is 13.0. The Hall–Kier alpha value is -2.96. The second-order valence-electron chi connectivity index (χ2n) is 6.16. The van der Waals surface area contributed by atoms with Gasteiger partial charge in [-0.2, -0.15) is 10.1 Å². The third-order valence-corrected chi connectivity index (χ3v) is 4.78. The number of aromatic nitrogens is 4. The van der Waals surface area contributed by atoms with Gasteiger partial charge >= 0.3 is 0 Å². The number of carbonyl (C=O) groups excluding carboxylic acids is 1. The maximum atomic E-state index is 13.0. The van der Waals surface area contributed by atoms with Crippen molar-refractivity contribution >= 4 is 5.91 Å². The van der Waals surface area contributed by atoms with Gasteiger partial charge in [0, 0.05) is 37.7 Å². The van der Waals surface area contributed by atoms with Gasteiger partial charge in [0.2, 0.25) is 6.39 Å². The van der Waals surface area contributed by atoms with E-state index in [2.05, 4.69) is 27.4 Å². The zero-order valence-corrected chi connectivity index (χ0v) is 13.9. The molecule has 0 bridgehead atoms. The summed E-state index contributed by atoms with van der Waals surface area (Å²) in [6, 6.07) is 12.0. The summed E-state index contributed by atoms with van der Waals surface area (Å²) in [6.45, 7) is 3.82. The summed E-state index contributed by atoms with van der Waals surface area (Å²) in [5, 5.41) is 8.23. The molecule has 3 heterocycles. The van der Waals surface area contributed by atoms with Gasteiger partial charge in [0.1, 0.15) is 5.69 Å². The van der Waals surface area contributed by atoms with Crippen LogP contribution in [-0.4, -0.2) is 43.8 Å². The van der Waals surface area contributed by atoms with E-state index in [1.807, 2.05) is 30.0 Å². The molecule has 1 fully saturated rings. The van der Waals surface area contributed by atoms with Gasteiger partial charge < -0.3 is 9.42 Å². The Bertz CT molecular complexity index is 844. The minimum Gasteiger partial charge on any atom is -0.343 e. The van der Waals surface area contributed by atoms with Crippen LogP contribution in [0.3, 0.4) is 0 Å². The zero-order valence-electron chi connectivity index (χ0n) is 13.9. The summed E-state index contributed by atoms with van der Waals surface area (Å²) >= 11 is 0. The molecular formula is C18H19N5O2. The number of nitrogens with zero attached hydrogens (tertiary/aromatic N) is 5. The van der Waals surface area contributed by atoms with Crippen molar-refractivity contribution in [1.29, 1.82) is 0 Å². The van der Waals surface area contributed by atoms with Crippen LogP contribution in [0.4, 0.5) is 0 Å². The molecule has 3 aromatic rings. The lowest BCUT2D eigenvalue weighted by Gasteiger charge is -2.17. The predicted molar refractivity (Wildman–Crippen MR) is 90.0 cm³/mol. The largest absolute Gasteiger partial charge is 0.343 e. The number of benzene rings is 1. The van der Waals surface area contributed by atoms with Crippen molar-refractivity contribution in [2.45, 2.75) is 25.3 Å². The first-order chi connectivity index (χ1) is 12.3.